The van der Waals surface area contributed by atoms with Crippen molar-refractivity contribution in [3.63, 3.8) is 0 Å². The van der Waals surface area contributed by atoms with Crippen molar-refractivity contribution in [3.8, 4) is 0 Å². The van der Waals surface area contributed by atoms with Crippen LogP contribution in [0.1, 0.15) is 278 Å². The molecule has 0 saturated heterocycles. The van der Waals surface area contributed by atoms with Crippen molar-refractivity contribution in [2.75, 3.05) is 26.4 Å². The van der Waals surface area contributed by atoms with Crippen LogP contribution in [-0.4, -0.2) is 49.4 Å². The molecule has 1 N–H and O–H groups in total. The quantitative estimate of drug-likeness (QED) is 0.0281. The van der Waals surface area contributed by atoms with E-state index in [1.807, 2.05) is 0 Å². The van der Waals surface area contributed by atoms with E-state index < -0.39 is 12.0 Å². The molecule has 0 spiro atoms. The van der Waals surface area contributed by atoms with Crippen molar-refractivity contribution < 1.29 is 33.7 Å². The second-order valence-corrected chi connectivity index (χ2v) is 18.6. The molecule has 0 radical (unpaired) electrons. The Kier molecular flexibility index (Phi) is 46.6. The summed E-state index contributed by atoms with van der Waals surface area (Å²) >= 11 is 0. The Morgan fingerprint density at radius 2 is 0.548 bits per heavy atom. The predicted octanol–water partition coefficient (Wildman–Crippen LogP) is 16.4. The number of rotatable bonds is 49. The van der Waals surface area contributed by atoms with Crippen molar-refractivity contribution in [1.29, 1.82) is 0 Å². The van der Waals surface area contributed by atoms with Gasteiger partial charge in [-0.1, -0.05) is 212 Å². The van der Waals surface area contributed by atoms with Crippen molar-refractivity contribution >= 4 is 17.9 Å². The van der Waals surface area contributed by atoms with Gasteiger partial charge in [0.05, 0.1) is 12.0 Å². The molecule has 0 amide bonds. The molecule has 62 heavy (non-hydrogen) atoms. The first kappa shape index (κ1) is 59.9. The SMILES string of the molecule is CCCCCC/C=C\CCCCCCCC(=O)OCC(CO)(COC(=O)CCCCCCC/C=C\CCCCCC)COC(=O)CCCCCCCCCCCCCCCCC. The molecule has 0 aliphatic heterocycles. The maximum Gasteiger partial charge on any atom is 0.305 e. The first-order valence-electron chi connectivity index (χ1n) is 26.8. The lowest BCUT2D eigenvalue weighted by atomic mass is 9.92. The second-order valence-electron chi connectivity index (χ2n) is 18.6. The van der Waals surface area contributed by atoms with Gasteiger partial charge in [0.1, 0.15) is 19.8 Å². The molecular formula is C55H102O7. The number of ether oxygens (including phenoxy) is 3. The smallest absolute Gasteiger partial charge is 0.305 e. The third kappa shape index (κ3) is 43.1. The van der Waals surface area contributed by atoms with Crippen LogP contribution in [0.4, 0.5) is 0 Å². The fourth-order valence-corrected chi connectivity index (χ4v) is 7.79. The van der Waals surface area contributed by atoms with E-state index in [4.69, 9.17) is 14.2 Å². The zero-order valence-electron chi connectivity index (χ0n) is 41.3. The first-order valence-corrected chi connectivity index (χ1v) is 26.8. The van der Waals surface area contributed by atoms with Crippen molar-refractivity contribution in [2.45, 2.75) is 278 Å². The van der Waals surface area contributed by atoms with Crippen molar-refractivity contribution in [1.82, 2.24) is 0 Å². The lowest BCUT2D eigenvalue weighted by Gasteiger charge is -2.30. The average Bonchev–Trinajstić information content (AvgIpc) is 3.28. The monoisotopic (exact) mass is 875 g/mol. The predicted molar refractivity (Wildman–Crippen MR) is 262 cm³/mol. The summed E-state index contributed by atoms with van der Waals surface area (Å²) in [5.74, 6) is -1.02. The largest absolute Gasteiger partial charge is 0.465 e. The van der Waals surface area contributed by atoms with E-state index in [0.717, 1.165) is 83.5 Å². The average molecular weight is 875 g/mol. The highest BCUT2D eigenvalue weighted by Gasteiger charge is 2.35. The molecule has 0 aromatic heterocycles. The summed E-state index contributed by atoms with van der Waals surface area (Å²) in [4.78, 5) is 38.3. The molecule has 0 unspecified atom stereocenters. The molecule has 7 heteroatoms. The van der Waals surface area contributed by atoms with E-state index in [0.29, 0.717) is 19.3 Å². The number of aliphatic hydroxyl groups excluding tert-OH is 1. The highest BCUT2D eigenvalue weighted by molar-refractivity contribution is 5.70. The van der Waals surface area contributed by atoms with Crippen LogP contribution >= 0.6 is 0 Å². The van der Waals surface area contributed by atoms with Gasteiger partial charge in [0.25, 0.3) is 0 Å². The fourth-order valence-electron chi connectivity index (χ4n) is 7.79. The van der Waals surface area contributed by atoms with Gasteiger partial charge in [0.15, 0.2) is 0 Å². The van der Waals surface area contributed by atoms with Gasteiger partial charge in [0.2, 0.25) is 0 Å². The van der Waals surface area contributed by atoms with Crippen LogP contribution < -0.4 is 0 Å². The Morgan fingerprint density at radius 1 is 0.339 bits per heavy atom. The zero-order valence-corrected chi connectivity index (χ0v) is 41.3. The summed E-state index contributed by atoms with van der Waals surface area (Å²) < 4.78 is 17.0. The molecule has 0 aromatic rings. The van der Waals surface area contributed by atoms with Gasteiger partial charge in [0, 0.05) is 19.3 Å². The molecule has 0 heterocycles. The van der Waals surface area contributed by atoms with Gasteiger partial charge < -0.3 is 19.3 Å². The maximum atomic E-state index is 12.8. The van der Waals surface area contributed by atoms with Crippen LogP contribution in [-0.2, 0) is 28.6 Å². The van der Waals surface area contributed by atoms with Gasteiger partial charge >= 0.3 is 17.9 Å². The molecule has 0 aliphatic carbocycles. The number of aliphatic hydroxyl groups is 1. The van der Waals surface area contributed by atoms with Crippen LogP contribution in [0, 0.1) is 5.41 Å². The van der Waals surface area contributed by atoms with Gasteiger partial charge in [-0.25, -0.2) is 0 Å². The molecule has 0 aromatic carbocycles. The lowest BCUT2D eigenvalue weighted by Crippen LogP contribution is -2.42. The number of carbonyl (C=O) groups excluding carboxylic acids is 3. The number of hydrogen-bond donors (Lipinski definition) is 1. The zero-order chi connectivity index (χ0) is 45.3. The molecule has 7 nitrogen and oxygen atoms in total. The Labute approximate surface area is 384 Å². The lowest BCUT2D eigenvalue weighted by molar-refractivity contribution is -0.165. The van der Waals surface area contributed by atoms with Crippen molar-refractivity contribution in [2.24, 2.45) is 5.41 Å². The Hall–Kier alpha value is -2.15. The van der Waals surface area contributed by atoms with E-state index in [1.54, 1.807) is 0 Å². The molecule has 364 valence electrons. The summed E-state index contributed by atoms with van der Waals surface area (Å²) in [6.45, 7) is 5.82. The van der Waals surface area contributed by atoms with E-state index in [-0.39, 0.29) is 37.7 Å². The van der Waals surface area contributed by atoms with Crippen molar-refractivity contribution in [3.05, 3.63) is 24.3 Å². The summed E-state index contributed by atoms with van der Waals surface area (Å²) in [5.41, 5.74) is -1.19. The topological polar surface area (TPSA) is 99.1 Å². The summed E-state index contributed by atoms with van der Waals surface area (Å²) in [5, 5.41) is 10.5. The molecule has 0 rings (SSSR count). The number of hydrogen-bond acceptors (Lipinski definition) is 7. The van der Waals surface area contributed by atoms with Gasteiger partial charge in [-0.05, 0) is 70.6 Å². The summed E-state index contributed by atoms with van der Waals surface area (Å²) in [7, 11) is 0. The Balaban J connectivity index is 4.60. The van der Waals surface area contributed by atoms with Crippen LogP contribution in [0.2, 0.25) is 0 Å². The third-order valence-electron chi connectivity index (χ3n) is 12.2. The summed E-state index contributed by atoms with van der Waals surface area (Å²) in [6, 6.07) is 0. The van der Waals surface area contributed by atoms with Gasteiger partial charge in [-0.3, -0.25) is 14.4 Å². The minimum atomic E-state index is -1.19. The minimum Gasteiger partial charge on any atom is -0.465 e. The highest BCUT2D eigenvalue weighted by atomic mass is 16.6. The van der Waals surface area contributed by atoms with E-state index in [2.05, 4.69) is 45.1 Å². The molecule has 0 atom stereocenters. The van der Waals surface area contributed by atoms with E-state index in [1.165, 1.54) is 154 Å². The van der Waals surface area contributed by atoms with Crippen LogP contribution in [0.3, 0.4) is 0 Å². The minimum absolute atomic E-state index is 0.165. The Bertz CT molecular complexity index is 985. The fraction of sp³-hybridized carbons (Fsp3) is 0.873. The first-order chi connectivity index (χ1) is 30.4. The van der Waals surface area contributed by atoms with E-state index in [9.17, 15) is 19.5 Å². The van der Waals surface area contributed by atoms with Gasteiger partial charge in [-0.15, -0.1) is 0 Å². The number of unbranched alkanes of at least 4 members (excludes halogenated alkanes) is 32. The summed E-state index contributed by atoms with van der Waals surface area (Å²) in [6.07, 6.45) is 54.3. The molecule has 0 saturated carbocycles. The highest BCUT2D eigenvalue weighted by Crippen LogP contribution is 2.22. The molecule has 0 fully saturated rings. The number of esters is 3. The van der Waals surface area contributed by atoms with E-state index >= 15 is 0 Å². The van der Waals surface area contributed by atoms with Crippen LogP contribution in [0.5, 0.6) is 0 Å². The Morgan fingerprint density at radius 3 is 0.790 bits per heavy atom. The number of allylic oxidation sites excluding steroid dienone is 4. The van der Waals surface area contributed by atoms with Gasteiger partial charge in [-0.2, -0.15) is 0 Å². The molecule has 0 bridgehead atoms. The van der Waals surface area contributed by atoms with Crippen LogP contribution in [0.25, 0.3) is 0 Å². The molecule has 0 aliphatic rings. The standard InChI is InChI=1S/C55H102O7/c1-4-7-10-13-16-19-22-25-26-29-32-35-38-41-44-47-54(59)62-51-55(48-56,49-60-52(57)45-42-39-36-33-30-27-23-20-17-14-11-8-5-2)50-61-53(58)46-43-40-37-34-31-28-24-21-18-15-12-9-6-3/h20-21,23-24,56H,4-19,22,25-51H2,1-3H3/b23-20-,24-21-. The molecular weight excluding hydrogens is 773 g/mol. The number of carbonyl (C=O) groups is 3. The second kappa shape index (κ2) is 48.3. The third-order valence-corrected chi connectivity index (χ3v) is 12.2. The maximum absolute atomic E-state index is 12.8. The normalized spacial score (nSPS) is 11.9. The van der Waals surface area contributed by atoms with Crippen LogP contribution in [0.15, 0.2) is 24.3 Å².